The van der Waals surface area contributed by atoms with Crippen molar-refractivity contribution in [1.29, 1.82) is 0 Å². The number of rotatable bonds is 5. The Labute approximate surface area is 206 Å². The lowest BCUT2D eigenvalue weighted by Crippen LogP contribution is -2.39. The molecule has 1 unspecified atom stereocenters. The Kier molecular flexibility index (Phi) is 6.50. The van der Waals surface area contributed by atoms with Gasteiger partial charge in [-0.2, -0.15) is 18.2 Å². The van der Waals surface area contributed by atoms with E-state index < -0.39 is 34.9 Å². The highest BCUT2D eigenvalue weighted by molar-refractivity contribution is 6.34. The lowest BCUT2D eigenvalue weighted by Gasteiger charge is -2.27. The Morgan fingerprint density at radius 2 is 1.81 bits per heavy atom. The van der Waals surface area contributed by atoms with Crippen LogP contribution in [-0.2, 0) is 12.6 Å². The van der Waals surface area contributed by atoms with E-state index in [1.54, 1.807) is 23.9 Å². The number of amides is 2. The van der Waals surface area contributed by atoms with Crippen molar-refractivity contribution in [1.82, 2.24) is 14.5 Å². The van der Waals surface area contributed by atoms with Crippen LogP contribution in [0.4, 0.5) is 33.7 Å². The molecular formula is C23H18ClF4N5O3. The first-order valence-electron chi connectivity index (χ1n) is 10.3. The van der Waals surface area contributed by atoms with Gasteiger partial charge in [0.25, 0.3) is 0 Å². The molecule has 0 bridgehead atoms. The highest BCUT2D eigenvalue weighted by Gasteiger charge is 2.51. The van der Waals surface area contributed by atoms with Crippen molar-refractivity contribution >= 4 is 40.0 Å². The second kappa shape index (κ2) is 9.28. The smallest absolute Gasteiger partial charge is 0.421 e. The maximum absolute atomic E-state index is 14.1. The van der Waals surface area contributed by atoms with Gasteiger partial charge in [0.05, 0.1) is 21.9 Å². The highest BCUT2D eigenvalue weighted by atomic mass is 35.5. The average Bonchev–Trinajstić information content (AvgIpc) is 3.18. The first-order chi connectivity index (χ1) is 16.9. The molecule has 0 saturated carbocycles. The maximum Gasteiger partial charge on any atom is 0.421 e. The van der Waals surface area contributed by atoms with Crippen LogP contribution in [0.1, 0.15) is 12.5 Å². The Morgan fingerprint density at radius 3 is 2.50 bits per heavy atom. The molecule has 0 aliphatic carbocycles. The summed E-state index contributed by atoms with van der Waals surface area (Å²) in [6, 6.07) is 7.34. The molecule has 3 N–H and O–H groups in total. The lowest BCUT2D eigenvalue weighted by molar-refractivity contribution is -0.258. The van der Waals surface area contributed by atoms with Gasteiger partial charge in [0.1, 0.15) is 23.4 Å². The van der Waals surface area contributed by atoms with Crippen LogP contribution in [0.3, 0.4) is 0 Å². The molecule has 0 fully saturated rings. The van der Waals surface area contributed by atoms with Gasteiger partial charge < -0.3 is 25.0 Å². The van der Waals surface area contributed by atoms with Crippen molar-refractivity contribution < 1.29 is 32.2 Å². The van der Waals surface area contributed by atoms with Gasteiger partial charge in [0, 0.05) is 19.3 Å². The van der Waals surface area contributed by atoms with Crippen LogP contribution in [0, 0.1) is 5.82 Å². The number of anilines is 2. The average molecular weight is 524 g/mol. The lowest BCUT2D eigenvalue weighted by atomic mass is 9.95. The predicted molar refractivity (Wildman–Crippen MR) is 125 cm³/mol. The van der Waals surface area contributed by atoms with Crippen molar-refractivity contribution in [2.24, 2.45) is 7.05 Å². The van der Waals surface area contributed by atoms with E-state index in [-0.39, 0.29) is 16.6 Å². The number of aliphatic hydroxyl groups is 1. The normalized spacial score (nSPS) is 13.3. The second-order valence-electron chi connectivity index (χ2n) is 7.93. The van der Waals surface area contributed by atoms with Crippen LogP contribution < -0.4 is 15.4 Å². The van der Waals surface area contributed by atoms with Crippen LogP contribution >= 0.6 is 11.6 Å². The molecule has 13 heteroatoms. The SMILES string of the molecule is Cn1ccc2ncnc(Oc3ccc(NC(=O)Nc4cc(C(C)(O)C(F)(F)F)ccc4F)c(Cl)c3)c21. The van der Waals surface area contributed by atoms with Gasteiger partial charge in [-0.3, -0.25) is 0 Å². The Bertz CT molecular complexity index is 1460. The summed E-state index contributed by atoms with van der Waals surface area (Å²) in [5.41, 5.74) is -3.02. The summed E-state index contributed by atoms with van der Waals surface area (Å²) < 4.78 is 61.1. The molecule has 0 radical (unpaired) electrons. The summed E-state index contributed by atoms with van der Waals surface area (Å²) in [5, 5.41) is 14.4. The summed E-state index contributed by atoms with van der Waals surface area (Å²) in [4.78, 5) is 20.7. The molecule has 1 atom stereocenters. The number of carbonyl (C=O) groups is 1. The number of hydrogen-bond acceptors (Lipinski definition) is 5. The van der Waals surface area contributed by atoms with Crippen LogP contribution in [0.15, 0.2) is 55.0 Å². The number of benzene rings is 2. The standard InChI is InChI=1S/C23H18ClF4N5O3/c1-22(35,23(26,27)28)12-3-5-15(25)18(9-12)32-21(34)31-16-6-4-13(10-14(16)24)36-20-19-17(29-11-30-20)7-8-33(19)2/h3-11,35H,1-2H3,(H2,31,32,34). The van der Waals surface area contributed by atoms with Gasteiger partial charge in [0.2, 0.25) is 5.88 Å². The van der Waals surface area contributed by atoms with Crippen molar-refractivity contribution in [2.75, 3.05) is 10.6 Å². The molecular weight excluding hydrogens is 506 g/mol. The number of carbonyl (C=O) groups excluding carboxylic acids is 1. The first kappa shape index (κ1) is 25.2. The van der Waals surface area contributed by atoms with Crippen LogP contribution in [0.25, 0.3) is 11.0 Å². The van der Waals surface area contributed by atoms with Crippen LogP contribution in [0.5, 0.6) is 11.6 Å². The van der Waals surface area contributed by atoms with E-state index in [4.69, 9.17) is 16.3 Å². The van der Waals surface area contributed by atoms with E-state index in [1.807, 2.05) is 0 Å². The summed E-state index contributed by atoms with van der Waals surface area (Å²) >= 11 is 6.25. The van der Waals surface area contributed by atoms with E-state index in [0.29, 0.717) is 35.8 Å². The molecule has 2 heterocycles. The minimum absolute atomic E-state index is 0.0639. The quantitative estimate of drug-likeness (QED) is 0.280. The molecule has 0 saturated heterocycles. The number of hydrogen-bond donors (Lipinski definition) is 3. The Balaban J connectivity index is 1.49. The first-order valence-corrected chi connectivity index (χ1v) is 10.6. The molecule has 2 amide bonds. The molecule has 2 aromatic carbocycles. The van der Waals surface area contributed by atoms with Gasteiger partial charge in [-0.15, -0.1) is 0 Å². The fourth-order valence-corrected chi connectivity index (χ4v) is 3.51. The minimum atomic E-state index is -5.01. The van der Waals surface area contributed by atoms with Crippen LogP contribution in [-0.4, -0.2) is 31.8 Å². The molecule has 8 nitrogen and oxygen atoms in total. The zero-order valence-corrected chi connectivity index (χ0v) is 19.4. The van der Waals surface area contributed by atoms with Crippen molar-refractivity contribution in [2.45, 2.75) is 18.7 Å². The van der Waals surface area contributed by atoms with Gasteiger partial charge in [0.15, 0.2) is 5.60 Å². The highest BCUT2D eigenvalue weighted by Crippen LogP contribution is 2.39. The van der Waals surface area contributed by atoms with E-state index in [1.165, 1.54) is 24.5 Å². The van der Waals surface area contributed by atoms with Crippen molar-refractivity contribution in [3.63, 3.8) is 0 Å². The van der Waals surface area contributed by atoms with E-state index in [2.05, 4.69) is 20.6 Å². The largest absolute Gasteiger partial charge is 0.437 e. The Hall–Kier alpha value is -3.90. The number of alkyl halides is 3. The van der Waals surface area contributed by atoms with Crippen LogP contribution in [0.2, 0.25) is 5.02 Å². The van der Waals surface area contributed by atoms with E-state index in [0.717, 1.165) is 6.07 Å². The zero-order valence-electron chi connectivity index (χ0n) is 18.7. The van der Waals surface area contributed by atoms with Crippen molar-refractivity contribution in [3.05, 3.63) is 71.4 Å². The molecule has 0 aliphatic heterocycles. The minimum Gasteiger partial charge on any atom is -0.437 e. The number of aromatic nitrogens is 3. The van der Waals surface area contributed by atoms with E-state index >= 15 is 0 Å². The monoisotopic (exact) mass is 523 g/mol. The summed E-state index contributed by atoms with van der Waals surface area (Å²) in [6.07, 6.45) is -1.87. The number of nitrogens with zero attached hydrogens (tertiary/aromatic N) is 3. The number of halogens is 5. The molecule has 2 aromatic heterocycles. The fourth-order valence-electron chi connectivity index (χ4n) is 3.30. The molecule has 188 valence electrons. The van der Waals surface area contributed by atoms with E-state index in [9.17, 15) is 27.5 Å². The summed E-state index contributed by atoms with van der Waals surface area (Å²) in [6.45, 7) is 0.526. The number of urea groups is 1. The summed E-state index contributed by atoms with van der Waals surface area (Å²) in [5.74, 6) is -0.411. The third kappa shape index (κ3) is 4.90. The summed E-state index contributed by atoms with van der Waals surface area (Å²) in [7, 11) is 1.81. The number of nitrogens with one attached hydrogen (secondary N) is 2. The topological polar surface area (TPSA) is 101 Å². The molecule has 0 spiro atoms. The molecule has 0 aliphatic rings. The molecule has 36 heavy (non-hydrogen) atoms. The Morgan fingerprint density at radius 1 is 1.08 bits per heavy atom. The number of fused-ring (bicyclic) bond motifs is 1. The van der Waals surface area contributed by atoms with Gasteiger partial charge in [-0.05, 0) is 42.8 Å². The van der Waals surface area contributed by atoms with Crippen molar-refractivity contribution in [3.8, 4) is 11.6 Å². The zero-order chi connectivity index (χ0) is 26.3. The third-order valence-electron chi connectivity index (χ3n) is 5.36. The predicted octanol–water partition coefficient (Wildman–Crippen LogP) is 5.97. The molecule has 4 rings (SSSR count). The van der Waals surface area contributed by atoms with Gasteiger partial charge in [-0.25, -0.2) is 14.2 Å². The van der Waals surface area contributed by atoms with Gasteiger partial charge in [-0.1, -0.05) is 17.7 Å². The second-order valence-corrected chi connectivity index (χ2v) is 8.33. The number of aryl methyl sites for hydroxylation is 1. The van der Waals surface area contributed by atoms with Gasteiger partial charge >= 0.3 is 12.2 Å². The maximum atomic E-state index is 14.1. The number of ether oxygens (including phenoxy) is 1. The third-order valence-corrected chi connectivity index (χ3v) is 5.67. The molecule has 4 aromatic rings. The fraction of sp³-hybridized carbons (Fsp3) is 0.174.